The predicted octanol–water partition coefficient (Wildman–Crippen LogP) is 8.54. The molecule has 0 fully saturated rings. The highest BCUT2D eigenvalue weighted by atomic mass is 35.5. The van der Waals surface area contributed by atoms with E-state index in [9.17, 15) is 4.79 Å². The van der Waals surface area contributed by atoms with Crippen LogP contribution in [0.15, 0.2) is 35.5 Å². The standard InChI is InChI=1S/C18H16ClN3S.C3H6O.3C2H6/c1-10-8-20-15-9-21-17(13-4-6-14(19)7-5-13)16-11(2)12(3)23-18(16)22(10)15;1-3(2)4;3*1-2/h4-8H,9H2,1-3H3;1-2H3;3*1-2H3. The highest BCUT2D eigenvalue weighted by molar-refractivity contribution is 7.15. The zero-order valence-corrected chi connectivity index (χ0v) is 23.7. The summed E-state index contributed by atoms with van der Waals surface area (Å²) in [4.78, 5) is 20.2. The molecule has 3 aromatic rings. The number of aryl methyl sites for hydroxylation is 2. The van der Waals surface area contributed by atoms with E-state index in [0.717, 1.165) is 27.8 Å². The second kappa shape index (κ2) is 15.6. The minimum Gasteiger partial charge on any atom is -0.300 e. The van der Waals surface area contributed by atoms with Crippen molar-refractivity contribution in [3.8, 4) is 5.00 Å². The normalized spacial score (nSPS) is 10.6. The van der Waals surface area contributed by atoms with Crippen molar-refractivity contribution in [2.45, 2.75) is 82.7 Å². The summed E-state index contributed by atoms with van der Waals surface area (Å²) in [5.74, 6) is 1.16. The van der Waals surface area contributed by atoms with Crippen LogP contribution in [0.5, 0.6) is 0 Å². The van der Waals surface area contributed by atoms with Gasteiger partial charge in [0.15, 0.2) is 0 Å². The molecule has 0 amide bonds. The number of halogens is 1. The van der Waals surface area contributed by atoms with Crippen LogP contribution in [0.3, 0.4) is 0 Å². The number of rotatable bonds is 1. The smallest absolute Gasteiger partial charge is 0.135 e. The number of fused-ring (bicyclic) bond motifs is 3. The van der Waals surface area contributed by atoms with Crippen molar-refractivity contribution < 1.29 is 4.79 Å². The van der Waals surface area contributed by atoms with E-state index in [2.05, 4.69) is 30.3 Å². The number of hydrogen-bond acceptors (Lipinski definition) is 4. The Hall–Kier alpha value is -2.24. The van der Waals surface area contributed by atoms with E-state index in [0.29, 0.717) is 6.54 Å². The molecule has 4 rings (SSSR count). The van der Waals surface area contributed by atoms with E-state index in [1.165, 1.54) is 34.9 Å². The van der Waals surface area contributed by atoms with E-state index in [-0.39, 0.29) is 5.78 Å². The van der Waals surface area contributed by atoms with Gasteiger partial charge in [0, 0.05) is 32.9 Å². The van der Waals surface area contributed by atoms with Gasteiger partial charge in [0.1, 0.15) is 16.6 Å². The fourth-order valence-corrected chi connectivity index (χ4v) is 4.36. The Kier molecular flexibility index (Phi) is 14.5. The van der Waals surface area contributed by atoms with Crippen molar-refractivity contribution in [1.82, 2.24) is 9.55 Å². The van der Waals surface area contributed by atoms with Crippen molar-refractivity contribution in [2.75, 3.05) is 0 Å². The van der Waals surface area contributed by atoms with Gasteiger partial charge in [0.25, 0.3) is 0 Å². The SMILES string of the molecule is CC.CC.CC.CC(C)=O.Cc1sc2c(c1C)C(c1ccc(Cl)cc1)=NCc1ncc(C)n1-2. The van der Waals surface area contributed by atoms with Gasteiger partial charge in [-0.15, -0.1) is 11.3 Å². The number of imidazole rings is 1. The number of Topliss-reactive ketones (excluding diaryl/α,β-unsaturated/α-hetero) is 1. The summed E-state index contributed by atoms with van der Waals surface area (Å²) in [5, 5.41) is 1.96. The molecular formula is C27H40ClN3OS. The number of aromatic nitrogens is 2. The largest absolute Gasteiger partial charge is 0.300 e. The summed E-state index contributed by atoms with van der Waals surface area (Å²) >= 11 is 7.85. The van der Waals surface area contributed by atoms with Crippen LogP contribution in [0.1, 0.15) is 88.5 Å². The first-order valence-electron chi connectivity index (χ1n) is 11.7. The lowest BCUT2D eigenvalue weighted by molar-refractivity contribution is -0.114. The lowest BCUT2D eigenvalue weighted by Gasteiger charge is -2.09. The molecule has 33 heavy (non-hydrogen) atoms. The molecule has 0 atom stereocenters. The number of thiophene rings is 1. The zero-order valence-electron chi connectivity index (χ0n) is 22.1. The molecule has 0 N–H and O–H groups in total. The van der Waals surface area contributed by atoms with Gasteiger partial charge in [-0.1, -0.05) is 65.3 Å². The van der Waals surface area contributed by atoms with E-state index < -0.39 is 0 Å². The number of nitrogens with zero attached hydrogens (tertiary/aromatic N) is 3. The molecule has 2 aromatic heterocycles. The molecule has 1 aromatic carbocycles. The molecule has 6 heteroatoms. The van der Waals surface area contributed by atoms with Crippen LogP contribution in [-0.4, -0.2) is 21.0 Å². The first-order chi connectivity index (χ1) is 15.8. The minimum atomic E-state index is 0.167. The number of ketones is 1. The number of aliphatic imine (C=N–C) groups is 1. The molecule has 4 nitrogen and oxygen atoms in total. The van der Waals surface area contributed by atoms with Crippen LogP contribution in [0.2, 0.25) is 5.02 Å². The first kappa shape index (κ1) is 30.8. The molecule has 0 aliphatic carbocycles. The highest BCUT2D eigenvalue weighted by Crippen LogP contribution is 2.36. The van der Waals surface area contributed by atoms with Crippen LogP contribution in [0, 0.1) is 20.8 Å². The third-order valence-corrected chi connectivity index (χ3v) is 5.76. The maximum Gasteiger partial charge on any atom is 0.135 e. The average Bonchev–Trinajstić information content (AvgIpc) is 3.26. The van der Waals surface area contributed by atoms with Crippen LogP contribution in [-0.2, 0) is 11.3 Å². The quantitative estimate of drug-likeness (QED) is 0.343. The highest BCUT2D eigenvalue weighted by Gasteiger charge is 2.25. The monoisotopic (exact) mass is 489 g/mol. The molecule has 1 aliphatic heterocycles. The molecule has 3 heterocycles. The van der Waals surface area contributed by atoms with Crippen molar-refractivity contribution in [2.24, 2.45) is 4.99 Å². The van der Waals surface area contributed by atoms with Crippen LogP contribution in [0.4, 0.5) is 0 Å². The van der Waals surface area contributed by atoms with Gasteiger partial charge in [-0.05, 0) is 52.3 Å². The predicted molar refractivity (Wildman–Crippen MR) is 147 cm³/mol. The molecule has 0 bridgehead atoms. The van der Waals surface area contributed by atoms with Gasteiger partial charge >= 0.3 is 0 Å². The lowest BCUT2D eigenvalue weighted by Crippen LogP contribution is -2.06. The molecule has 0 radical (unpaired) electrons. The summed E-state index contributed by atoms with van der Waals surface area (Å²) in [6.07, 6.45) is 1.92. The topological polar surface area (TPSA) is 47.2 Å². The third-order valence-electron chi connectivity index (χ3n) is 4.31. The van der Waals surface area contributed by atoms with Crippen molar-refractivity contribution >= 4 is 34.4 Å². The summed E-state index contributed by atoms with van der Waals surface area (Å²) in [5.41, 5.74) is 5.78. The molecule has 1 aliphatic rings. The number of hydrogen-bond donors (Lipinski definition) is 0. The van der Waals surface area contributed by atoms with Gasteiger partial charge in [-0.25, -0.2) is 4.98 Å². The fraction of sp³-hybridized carbons (Fsp3) is 0.444. The zero-order chi connectivity index (χ0) is 25.7. The van der Waals surface area contributed by atoms with Gasteiger partial charge in [0.2, 0.25) is 0 Å². The summed E-state index contributed by atoms with van der Waals surface area (Å²) in [6.45, 7) is 22.1. The fourth-order valence-electron chi connectivity index (χ4n) is 2.99. The van der Waals surface area contributed by atoms with E-state index in [4.69, 9.17) is 16.6 Å². The maximum atomic E-state index is 9.44. The van der Waals surface area contributed by atoms with Gasteiger partial charge in [-0.2, -0.15) is 0 Å². The Balaban J connectivity index is 0.000000896. The second-order valence-electron chi connectivity index (χ2n) is 6.69. The first-order valence-corrected chi connectivity index (χ1v) is 12.9. The Morgan fingerprint density at radius 2 is 1.48 bits per heavy atom. The molecular weight excluding hydrogens is 450 g/mol. The number of carbonyl (C=O) groups is 1. The average molecular weight is 490 g/mol. The summed E-state index contributed by atoms with van der Waals surface area (Å²) < 4.78 is 2.24. The summed E-state index contributed by atoms with van der Waals surface area (Å²) in [6, 6.07) is 7.92. The number of carbonyl (C=O) groups excluding carboxylic acids is 1. The number of benzene rings is 1. The molecule has 0 saturated carbocycles. The van der Waals surface area contributed by atoms with Gasteiger partial charge in [0.05, 0.1) is 12.3 Å². The van der Waals surface area contributed by atoms with Crippen molar-refractivity contribution in [1.29, 1.82) is 0 Å². The maximum absolute atomic E-state index is 9.44. The van der Waals surface area contributed by atoms with E-state index in [1.54, 1.807) is 0 Å². The molecule has 0 unspecified atom stereocenters. The Bertz CT molecular complexity index is 1030. The minimum absolute atomic E-state index is 0.167. The van der Waals surface area contributed by atoms with Crippen LogP contribution in [0.25, 0.3) is 5.00 Å². The van der Waals surface area contributed by atoms with Crippen LogP contribution < -0.4 is 0 Å². The second-order valence-corrected chi connectivity index (χ2v) is 8.33. The van der Waals surface area contributed by atoms with Crippen molar-refractivity contribution in [3.05, 3.63) is 68.6 Å². The van der Waals surface area contributed by atoms with Crippen LogP contribution >= 0.6 is 22.9 Å². The Morgan fingerprint density at radius 3 is 2.00 bits per heavy atom. The Morgan fingerprint density at radius 1 is 0.970 bits per heavy atom. The summed E-state index contributed by atoms with van der Waals surface area (Å²) in [7, 11) is 0. The molecule has 0 saturated heterocycles. The van der Waals surface area contributed by atoms with E-state index in [1.807, 2.05) is 83.3 Å². The van der Waals surface area contributed by atoms with E-state index >= 15 is 0 Å². The molecule has 0 spiro atoms. The van der Waals surface area contributed by atoms with Gasteiger partial charge < -0.3 is 4.79 Å². The Labute approximate surface area is 209 Å². The van der Waals surface area contributed by atoms with Gasteiger partial charge in [-0.3, -0.25) is 9.56 Å². The van der Waals surface area contributed by atoms with Crippen molar-refractivity contribution in [3.63, 3.8) is 0 Å². The third kappa shape index (κ3) is 7.94. The lowest BCUT2D eigenvalue weighted by atomic mass is 10.00. The molecule has 182 valence electrons.